The van der Waals surface area contributed by atoms with Crippen molar-refractivity contribution in [2.45, 2.75) is 6.04 Å². The molecule has 20 heavy (non-hydrogen) atoms. The predicted octanol–water partition coefficient (Wildman–Crippen LogP) is 1.33. The number of nitrogens with one attached hydrogen (secondary N) is 1. The molecule has 0 spiro atoms. The molecular weight excluding hydrogens is 262 g/mol. The Kier molecular flexibility index (Phi) is 3.99. The Hall–Kier alpha value is -2.83. The smallest absolute Gasteiger partial charge is 0.339 e. The monoisotopic (exact) mass is 273 g/mol. The van der Waals surface area contributed by atoms with E-state index in [4.69, 9.17) is 0 Å². The second-order valence-electron chi connectivity index (χ2n) is 3.88. The average molecular weight is 273 g/mol. The van der Waals surface area contributed by atoms with Crippen LogP contribution in [0.1, 0.15) is 10.4 Å². The van der Waals surface area contributed by atoms with Gasteiger partial charge >= 0.3 is 5.97 Å². The molecular formula is C13H11N3O4. The third-order valence-corrected chi connectivity index (χ3v) is 2.56. The number of carbonyl (C=O) groups is 3. The zero-order chi connectivity index (χ0) is 14.5. The number of nitrogens with zero attached hydrogens (tertiary/aromatic N) is 2. The second-order valence-corrected chi connectivity index (χ2v) is 3.88. The Bertz CT molecular complexity index is 606. The highest BCUT2D eigenvalue weighted by atomic mass is 16.5. The summed E-state index contributed by atoms with van der Waals surface area (Å²) in [6, 6.07) is 5.53. The summed E-state index contributed by atoms with van der Waals surface area (Å²) < 4.78 is 4.63. The van der Waals surface area contributed by atoms with Gasteiger partial charge in [-0.05, 0) is 18.2 Å². The van der Waals surface area contributed by atoms with Crippen LogP contribution in [0.5, 0.6) is 0 Å². The van der Waals surface area contributed by atoms with Crippen LogP contribution < -0.4 is 5.32 Å². The van der Waals surface area contributed by atoms with Crippen LogP contribution in [0.4, 0.5) is 5.69 Å². The van der Waals surface area contributed by atoms with E-state index in [-0.39, 0.29) is 5.56 Å². The van der Waals surface area contributed by atoms with Gasteiger partial charge in [-0.2, -0.15) is 5.11 Å². The first-order chi connectivity index (χ1) is 9.61. The Morgan fingerprint density at radius 3 is 2.70 bits per heavy atom. The highest BCUT2D eigenvalue weighted by molar-refractivity contribution is 6.04. The SMILES string of the molecule is COC(=O)c1ccccc1NC(=O)C1C=CC(=O)N=N1. The van der Waals surface area contributed by atoms with Gasteiger partial charge < -0.3 is 10.1 Å². The van der Waals surface area contributed by atoms with Gasteiger partial charge in [-0.1, -0.05) is 12.1 Å². The zero-order valence-electron chi connectivity index (χ0n) is 10.6. The summed E-state index contributed by atoms with van der Waals surface area (Å²) in [5, 5.41) is 9.41. The van der Waals surface area contributed by atoms with Crippen LogP contribution in [0, 0.1) is 0 Å². The summed E-state index contributed by atoms with van der Waals surface area (Å²) in [6.07, 6.45) is 2.51. The van der Waals surface area contributed by atoms with E-state index >= 15 is 0 Å². The Morgan fingerprint density at radius 1 is 1.30 bits per heavy atom. The maximum Gasteiger partial charge on any atom is 0.339 e. The van der Waals surface area contributed by atoms with Crippen molar-refractivity contribution in [3.63, 3.8) is 0 Å². The minimum absolute atomic E-state index is 0.233. The van der Waals surface area contributed by atoms with Gasteiger partial charge in [-0.3, -0.25) is 9.59 Å². The van der Waals surface area contributed by atoms with E-state index in [2.05, 4.69) is 20.3 Å². The number of esters is 1. The first-order valence-corrected chi connectivity index (χ1v) is 5.73. The Morgan fingerprint density at radius 2 is 2.05 bits per heavy atom. The number of para-hydroxylation sites is 1. The summed E-state index contributed by atoms with van der Waals surface area (Å²) >= 11 is 0. The van der Waals surface area contributed by atoms with Gasteiger partial charge in [-0.25, -0.2) is 4.79 Å². The van der Waals surface area contributed by atoms with E-state index in [1.807, 2.05) is 0 Å². The number of anilines is 1. The maximum atomic E-state index is 12.0. The highest BCUT2D eigenvalue weighted by Gasteiger charge is 2.20. The number of hydrogen-bond donors (Lipinski definition) is 1. The third-order valence-electron chi connectivity index (χ3n) is 2.56. The van der Waals surface area contributed by atoms with Crippen molar-refractivity contribution in [1.29, 1.82) is 0 Å². The van der Waals surface area contributed by atoms with Gasteiger partial charge in [0.05, 0.1) is 18.4 Å². The summed E-state index contributed by atoms with van der Waals surface area (Å²) in [7, 11) is 1.25. The lowest BCUT2D eigenvalue weighted by atomic mass is 10.1. The number of ether oxygens (including phenoxy) is 1. The van der Waals surface area contributed by atoms with Gasteiger partial charge in [0.1, 0.15) is 0 Å². The fourth-order valence-corrected chi connectivity index (χ4v) is 1.59. The molecule has 1 unspecified atom stereocenters. The lowest BCUT2D eigenvalue weighted by Crippen LogP contribution is -2.26. The molecule has 1 N–H and O–H groups in total. The summed E-state index contributed by atoms with van der Waals surface area (Å²) in [5.74, 6) is -1.56. The maximum absolute atomic E-state index is 12.0. The number of benzene rings is 1. The van der Waals surface area contributed by atoms with Crippen LogP contribution in [-0.4, -0.2) is 30.9 Å². The molecule has 0 bridgehead atoms. The zero-order valence-corrected chi connectivity index (χ0v) is 10.6. The topological polar surface area (TPSA) is 97.2 Å². The van der Waals surface area contributed by atoms with Crippen molar-refractivity contribution >= 4 is 23.5 Å². The molecule has 0 fully saturated rings. The molecule has 1 atom stereocenters. The molecule has 7 nitrogen and oxygen atoms in total. The molecule has 102 valence electrons. The van der Waals surface area contributed by atoms with Gasteiger partial charge in [0.25, 0.3) is 11.8 Å². The molecule has 7 heteroatoms. The molecule has 0 aliphatic carbocycles. The highest BCUT2D eigenvalue weighted by Crippen LogP contribution is 2.17. The number of hydrogen-bond acceptors (Lipinski definition) is 5. The second kappa shape index (κ2) is 5.87. The van der Waals surface area contributed by atoms with Crippen LogP contribution in [0.2, 0.25) is 0 Å². The Balaban J connectivity index is 2.16. The van der Waals surface area contributed by atoms with Crippen molar-refractivity contribution in [2.75, 3.05) is 12.4 Å². The van der Waals surface area contributed by atoms with E-state index < -0.39 is 23.8 Å². The van der Waals surface area contributed by atoms with Gasteiger partial charge in [0, 0.05) is 6.08 Å². The van der Waals surface area contributed by atoms with Gasteiger partial charge in [0.15, 0.2) is 6.04 Å². The van der Waals surface area contributed by atoms with Crippen molar-refractivity contribution in [2.24, 2.45) is 10.2 Å². The molecule has 1 aromatic rings. The predicted molar refractivity (Wildman–Crippen MR) is 69.2 cm³/mol. The molecule has 0 saturated heterocycles. The van der Waals surface area contributed by atoms with E-state index in [0.29, 0.717) is 5.69 Å². The van der Waals surface area contributed by atoms with Crippen LogP contribution in [-0.2, 0) is 14.3 Å². The number of azo groups is 1. The average Bonchev–Trinajstić information content (AvgIpc) is 2.47. The van der Waals surface area contributed by atoms with E-state index in [9.17, 15) is 14.4 Å². The van der Waals surface area contributed by atoms with Crippen LogP contribution >= 0.6 is 0 Å². The van der Waals surface area contributed by atoms with Gasteiger partial charge in [0.2, 0.25) is 0 Å². The number of carbonyl (C=O) groups excluding carboxylic acids is 3. The molecule has 1 aromatic carbocycles. The molecule has 2 amide bonds. The molecule has 1 aliphatic rings. The fourth-order valence-electron chi connectivity index (χ4n) is 1.59. The van der Waals surface area contributed by atoms with E-state index in [0.717, 1.165) is 0 Å². The quantitative estimate of drug-likeness (QED) is 0.840. The number of methoxy groups -OCH3 is 1. The fraction of sp³-hybridized carbons (Fsp3) is 0.154. The number of amides is 2. The number of rotatable bonds is 3. The lowest BCUT2D eigenvalue weighted by molar-refractivity contribution is -0.117. The first-order valence-electron chi connectivity index (χ1n) is 5.73. The first kappa shape index (κ1) is 13.6. The van der Waals surface area contributed by atoms with Crippen LogP contribution in [0.25, 0.3) is 0 Å². The lowest BCUT2D eigenvalue weighted by Gasteiger charge is -2.12. The van der Waals surface area contributed by atoms with Crippen molar-refractivity contribution < 1.29 is 19.1 Å². The standard InChI is InChI=1S/C13H11N3O4/c1-20-13(19)8-4-2-3-5-9(8)14-12(18)10-6-7-11(17)16-15-10/h2-7,10H,1H3,(H,14,18). The molecule has 1 heterocycles. The van der Waals surface area contributed by atoms with Crippen molar-refractivity contribution in [3.05, 3.63) is 42.0 Å². The van der Waals surface area contributed by atoms with Crippen molar-refractivity contribution in [1.82, 2.24) is 0 Å². The third kappa shape index (κ3) is 2.94. The van der Waals surface area contributed by atoms with Gasteiger partial charge in [-0.15, -0.1) is 5.11 Å². The van der Waals surface area contributed by atoms with Crippen LogP contribution in [0.15, 0.2) is 46.6 Å². The van der Waals surface area contributed by atoms with E-state index in [1.165, 1.54) is 25.3 Å². The normalized spacial score (nSPS) is 16.9. The van der Waals surface area contributed by atoms with Crippen molar-refractivity contribution in [3.8, 4) is 0 Å². The summed E-state index contributed by atoms with van der Waals surface area (Å²) in [4.78, 5) is 34.4. The summed E-state index contributed by atoms with van der Waals surface area (Å²) in [5.41, 5.74) is 0.543. The minimum atomic E-state index is -0.890. The molecule has 0 radical (unpaired) electrons. The summed E-state index contributed by atoms with van der Waals surface area (Å²) in [6.45, 7) is 0. The largest absolute Gasteiger partial charge is 0.465 e. The van der Waals surface area contributed by atoms with Crippen LogP contribution in [0.3, 0.4) is 0 Å². The molecule has 1 aliphatic heterocycles. The molecule has 0 saturated carbocycles. The van der Waals surface area contributed by atoms with E-state index in [1.54, 1.807) is 18.2 Å². The Labute approximate surface area is 114 Å². The molecule has 2 rings (SSSR count). The minimum Gasteiger partial charge on any atom is -0.465 e. The molecule has 0 aromatic heterocycles.